The Balaban J connectivity index is 2.06. The van der Waals surface area contributed by atoms with Gasteiger partial charge in [-0.1, -0.05) is 6.08 Å². The Morgan fingerprint density at radius 1 is 1.12 bits per heavy atom. The Morgan fingerprint density at radius 3 is 2.58 bits per heavy atom. The van der Waals surface area contributed by atoms with Crippen molar-refractivity contribution in [1.82, 2.24) is 4.68 Å². The fourth-order valence-electron chi connectivity index (χ4n) is 2.23. The third-order valence-electron chi connectivity index (χ3n) is 3.50. The highest BCUT2D eigenvalue weighted by atomic mass is 32.1. The molecule has 0 saturated heterocycles. The van der Waals surface area contributed by atoms with Crippen molar-refractivity contribution in [2.45, 2.75) is 0 Å². The van der Waals surface area contributed by atoms with Gasteiger partial charge in [-0.3, -0.25) is 4.99 Å². The van der Waals surface area contributed by atoms with Crippen molar-refractivity contribution < 1.29 is 14.6 Å². The molecule has 0 saturated carbocycles. The van der Waals surface area contributed by atoms with Crippen LogP contribution in [0.1, 0.15) is 5.56 Å². The quantitative estimate of drug-likeness (QED) is 0.409. The molecule has 1 heterocycles. The van der Waals surface area contributed by atoms with Gasteiger partial charge in [0.2, 0.25) is 4.80 Å². The van der Waals surface area contributed by atoms with Crippen molar-refractivity contribution in [2.24, 2.45) is 10.1 Å². The summed E-state index contributed by atoms with van der Waals surface area (Å²) in [6.45, 7) is 4.11. The molecule has 2 aromatic carbocycles. The normalized spacial score (nSPS) is 12.0. The van der Waals surface area contributed by atoms with E-state index in [-0.39, 0.29) is 17.3 Å². The topological polar surface area (TPSA) is 70.1 Å². The predicted octanol–water partition coefficient (Wildman–Crippen LogP) is 3.74. The zero-order chi connectivity index (χ0) is 18.5. The third kappa shape index (κ3) is 3.89. The summed E-state index contributed by atoms with van der Waals surface area (Å²) in [6.07, 6.45) is 3.23. The number of aromatic nitrogens is 1. The molecule has 3 aromatic rings. The first-order chi connectivity index (χ1) is 12.6. The molecule has 132 valence electrons. The molecule has 5 nitrogen and oxygen atoms in total. The van der Waals surface area contributed by atoms with E-state index in [1.165, 1.54) is 35.6 Å². The van der Waals surface area contributed by atoms with Crippen LogP contribution in [-0.4, -0.2) is 27.6 Å². The molecular weight excluding hydrogens is 353 g/mol. The molecule has 0 radical (unpaired) electrons. The first-order valence-electron chi connectivity index (χ1n) is 7.72. The Morgan fingerprint density at radius 2 is 1.88 bits per heavy atom. The van der Waals surface area contributed by atoms with Gasteiger partial charge in [0, 0.05) is 10.9 Å². The van der Waals surface area contributed by atoms with E-state index in [0.29, 0.717) is 16.9 Å². The predicted molar refractivity (Wildman–Crippen MR) is 101 cm³/mol. The Hall–Kier alpha value is -3.19. The summed E-state index contributed by atoms with van der Waals surface area (Å²) in [5, 5.41) is 25.3. The fourth-order valence-corrected chi connectivity index (χ4v) is 3.07. The molecule has 0 unspecified atom stereocenters. The molecule has 2 N–H and O–H groups in total. The van der Waals surface area contributed by atoms with Gasteiger partial charge in [-0.15, -0.1) is 17.9 Å². The third-order valence-corrected chi connectivity index (χ3v) is 4.36. The summed E-state index contributed by atoms with van der Waals surface area (Å²) < 4.78 is 14.9. The maximum absolute atomic E-state index is 13.2. The molecule has 26 heavy (non-hydrogen) atoms. The van der Waals surface area contributed by atoms with Crippen LogP contribution < -0.4 is 4.80 Å². The average molecular weight is 369 g/mol. The molecule has 3 rings (SSSR count). The van der Waals surface area contributed by atoms with Crippen LogP contribution in [0.2, 0.25) is 0 Å². The van der Waals surface area contributed by atoms with E-state index in [0.717, 1.165) is 11.3 Å². The number of rotatable bonds is 5. The molecule has 0 aliphatic carbocycles. The van der Waals surface area contributed by atoms with Crippen LogP contribution in [-0.2, 0) is 0 Å². The second-order valence-electron chi connectivity index (χ2n) is 5.34. The maximum atomic E-state index is 13.2. The van der Waals surface area contributed by atoms with Gasteiger partial charge >= 0.3 is 0 Å². The molecule has 0 spiro atoms. The number of hydrogen-bond acceptors (Lipinski definition) is 5. The van der Waals surface area contributed by atoms with Gasteiger partial charge < -0.3 is 10.2 Å². The van der Waals surface area contributed by atoms with E-state index in [1.807, 2.05) is 5.38 Å². The van der Waals surface area contributed by atoms with E-state index >= 15 is 0 Å². The van der Waals surface area contributed by atoms with Crippen LogP contribution in [0.25, 0.3) is 11.3 Å². The maximum Gasteiger partial charge on any atom is 0.206 e. The number of nitrogens with zero attached hydrogens (tertiary/aromatic N) is 3. The summed E-state index contributed by atoms with van der Waals surface area (Å²) in [5.41, 5.74) is 2.17. The standard InChI is InChI=1S/C19H16FN3O2S/c1-2-9-21-19-23(22-11-13-3-8-17(24)18(25)10-13)16(12-26-19)14-4-6-15(20)7-5-14/h2-8,10-12,24-25H,1,9H2. The van der Waals surface area contributed by atoms with Crippen LogP contribution in [0.15, 0.2) is 70.6 Å². The molecular formula is C19H16FN3O2S. The average Bonchev–Trinajstić information content (AvgIpc) is 3.04. The Bertz CT molecular complexity index is 1020. The lowest BCUT2D eigenvalue weighted by Crippen LogP contribution is -2.12. The van der Waals surface area contributed by atoms with Crippen LogP contribution >= 0.6 is 11.3 Å². The molecule has 0 atom stereocenters. The Labute approximate surface area is 153 Å². The van der Waals surface area contributed by atoms with Crippen molar-refractivity contribution in [3.63, 3.8) is 0 Å². The molecule has 0 aliphatic heterocycles. The van der Waals surface area contributed by atoms with E-state index in [2.05, 4.69) is 16.7 Å². The zero-order valence-corrected chi connectivity index (χ0v) is 14.5. The minimum atomic E-state index is -0.310. The molecule has 7 heteroatoms. The largest absolute Gasteiger partial charge is 0.504 e. The van der Waals surface area contributed by atoms with Crippen LogP contribution in [0, 0.1) is 5.82 Å². The van der Waals surface area contributed by atoms with Gasteiger partial charge in [-0.2, -0.15) is 5.10 Å². The lowest BCUT2D eigenvalue weighted by Gasteiger charge is -2.04. The minimum absolute atomic E-state index is 0.195. The number of aromatic hydroxyl groups is 2. The molecule has 0 amide bonds. The number of thiazole rings is 1. The lowest BCUT2D eigenvalue weighted by atomic mass is 10.2. The smallest absolute Gasteiger partial charge is 0.206 e. The molecule has 0 bridgehead atoms. The van der Waals surface area contributed by atoms with Crippen molar-refractivity contribution in [3.05, 3.63) is 76.7 Å². The number of phenolic OH excluding ortho intramolecular Hbond substituents is 2. The first-order valence-corrected chi connectivity index (χ1v) is 8.60. The first kappa shape index (κ1) is 17.6. The summed E-state index contributed by atoms with van der Waals surface area (Å²) in [7, 11) is 0. The second-order valence-corrected chi connectivity index (χ2v) is 6.18. The summed E-state index contributed by atoms with van der Waals surface area (Å²) in [5.74, 6) is -0.728. The monoisotopic (exact) mass is 369 g/mol. The summed E-state index contributed by atoms with van der Waals surface area (Å²) in [4.78, 5) is 5.07. The van der Waals surface area contributed by atoms with Crippen molar-refractivity contribution in [2.75, 3.05) is 6.54 Å². The van der Waals surface area contributed by atoms with Gasteiger partial charge in [-0.25, -0.2) is 9.07 Å². The van der Waals surface area contributed by atoms with Crippen LogP contribution in [0.3, 0.4) is 0 Å². The zero-order valence-electron chi connectivity index (χ0n) is 13.7. The molecule has 1 aromatic heterocycles. The minimum Gasteiger partial charge on any atom is -0.504 e. The summed E-state index contributed by atoms with van der Waals surface area (Å²) >= 11 is 1.41. The van der Waals surface area contributed by atoms with Gasteiger partial charge in [0.05, 0.1) is 18.5 Å². The number of halogens is 1. The van der Waals surface area contributed by atoms with Crippen molar-refractivity contribution in [3.8, 4) is 22.8 Å². The highest BCUT2D eigenvalue weighted by Crippen LogP contribution is 2.24. The SMILES string of the molecule is C=CCN=c1scc(-c2ccc(F)cc2)n1N=Cc1ccc(O)c(O)c1. The van der Waals surface area contributed by atoms with Gasteiger partial charge in [0.15, 0.2) is 11.5 Å². The van der Waals surface area contributed by atoms with Crippen LogP contribution in [0.5, 0.6) is 11.5 Å². The Kier molecular flexibility index (Phi) is 5.28. The summed E-state index contributed by atoms with van der Waals surface area (Å²) in [6, 6.07) is 10.5. The van der Waals surface area contributed by atoms with Gasteiger partial charge in [-0.05, 0) is 48.0 Å². The molecule has 0 fully saturated rings. The number of phenols is 2. The lowest BCUT2D eigenvalue weighted by molar-refractivity contribution is 0.403. The van der Waals surface area contributed by atoms with E-state index in [4.69, 9.17) is 0 Å². The highest BCUT2D eigenvalue weighted by Gasteiger charge is 2.08. The fraction of sp³-hybridized carbons (Fsp3) is 0.0526. The van der Waals surface area contributed by atoms with Gasteiger partial charge in [0.1, 0.15) is 5.82 Å². The molecule has 0 aliphatic rings. The second kappa shape index (κ2) is 7.79. The van der Waals surface area contributed by atoms with Crippen molar-refractivity contribution >= 4 is 17.6 Å². The number of benzene rings is 2. The van der Waals surface area contributed by atoms with E-state index in [1.54, 1.807) is 35.2 Å². The van der Waals surface area contributed by atoms with Crippen LogP contribution in [0.4, 0.5) is 4.39 Å². The van der Waals surface area contributed by atoms with E-state index in [9.17, 15) is 14.6 Å². The number of hydrogen-bond donors (Lipinski definition) is 2. The van der Waals surface area contributed by atoms with E-state index < -0.39 is 0 Å². The highest BCUT2D eigenvalue weighted by molar-refractivity contribution is 7.07. The van der Waals surface area contributed by atoms with Crippen molar-refractivity contribution in [1.29, 1.82) is 0 Å². The van der Waals surface area contributed by atoms with Gasteiger partial charge in [0.25, 0.3) is 0 Å².